The van der Waals surface area contributed by atoms with Crippen molar-refractivity contribution in [2.75, 3.05) is 7.11 Å². The SMILES string of the molecule is COc1c(O)c(CC=C(C)C)c2oc(=O)ccc2c1O. The second-order valence-corrected chi connectivity index (χ2v) is 4.69. The number of phenolic OH excluding ortho intramolecular Hbond substituents is 2. The number of hydrogen-bond acceptors (Lipinski definition) is 5. The van der Waals surface area contributed by atoms with Crippen LogP contribution in [0.15, 0.2) is 33.0 Å². The van der Waals surface area contributed by atoms with Crippen molar-refractivity contribution in [3.8, 4) is 17.2 Å². The highest BCUT2D eigenvalue weighted by molar-refractivity contribution is 5.91. The lowest BCUT2D eigenvalue weighted by Gasteiger charge is -2.12. The summed E-state index contributed by atoms with van der Waals surface area (Å²) in [5.41, 5.74) is 1.10. The van der Waals surface area contributed by atoms with E-state index in [-0.39, 0.29) is 22.8 Å². The molecule has 1 aromatic heterocycles. The molecule has 0 aliphatic rings. The molecule has 2 N–H and O–H groups in total. The summed E-state index contributed by atoms with van der Waals surface area (Å²) in [6.45, 7) is 3.85. The number of aromatic hydroxyl groups is 2. The van der Waals surface area contributed by atoms with Gasteiger partial charge in [0.05, 0.1) is 12.5 Å². The third kappa shape index (κ3) is 2.34. The highest BCUT2D eigenvalue weighted by atomic mass is 16.5. The average molecular weight is 276 g/mol. The van der Waals surface area contributed by atoms with Crippen LogP contribution in [0.2, 0.25) is 0 Å². The summed E-state index contributed by atoms with van der Waals surface area (Å²) in [6.07, 6.45) is 2.26. The number of methoxy groups -OCH3 is 1. The minimum Gasteiger partial charge on any atom is -0.504 e. The number of phenols is 2. The van der Waals surface area contributed by atoms with Gasteiger partial charge in [0.25, 0.3) is 0 Å². The predicted octanol–water partition coefficient (Wildman–Crippen LogP) is 2.72. The predicted molar refractivity (Wildman–Crippen MR) is 75.5 cm³/mol. The first kappa shape index (κ1) is 14.0. The van der Waals surface area contributed by atoms with Crippen LogP contribution in [-0.2, 0) is 6.42 Å². The second kappa shape index (κ2) is 5.28. The fraction of sp³-hybridized carbons (Fsp3) is 0.267. The van der Waals surface area contributed by atoms with Gasteiger partial charge in [-0.3, -0.25) is 0 Å². The van der Waals surface area contributed by atoms with E-state index in [0.29, 0.717) is 17.4 Å². The Balaban J connectivity index is 2.84. The van der Waals surface area contributed by atoms with Crippen LogP contribution < -0.4 is 10.4 Å². The van der Waals surface area contributed by atoms with Crippen molar-refractivity contribution in [3.63, 3.8) is 0 Å². The Labute approximate surface area is 115 Å². The molecule has 1 heterocycles. The van der Waals surface area contributed by atoms with E-state index in [2.05, 4.69) is 0 Å². The van der Waals surface area contributed by atoms with Gasteiger partial charge in [0.2, 0.25) is 5.75 Å². The van der Waals surface area contributed by atoms with Gasteiger partial charge in [-0.05, 0) is 26.3 Å². The van der Waals surface area contributed by atoms with Crippen LogP contribution in [0.1, 0.15) is 19.4 Å². The highest BCUT2D eigenvalue weighted by Gasteiger charge is 2.20. The molecule has 0 spiro atoms. The summed E-state index contributed by atoms with van der Waals surface area (Å²) in [7, 11) is 1.35. The summed E-state index contributed by atoms with van der Waals surface area (Å²) in [6, 6.07) is 2.66. The topological polar surface area (TPSA) is 79.9 Å². The van der Waals surface area contributed by atoms with Gasteiger partial charge in [-0.25, -0.2) is 4.79 Å². The molecule has 0 fully saturated rings. The van der Waals surface area contributed by atoms with Crippen molar-refractivity contribution in [1.82, 2.24) is 0 Å². The largest absolute Gasteiger partial charge is 0.504 e. The molecule has 106 valence electrons. The molecule has 5 nitrogen and oxygen atoms in total. The van der Waals surface area contributed by atoms with Crippen LogP contribution in [0.25, 0.3) is 11.0 Å². The molecule has 0 saturated heterocycles. The number of fused-ring (bicyclic) bond motifs is 1. The number of allylic oxidation sites excluding steroid dienone is 2. The van der Waals surface area contributed by atoms with E-state index in [1.54, 1.807) is 0 Å². The highest BCUT2D eigenvalue weighted by Crippen LogP contribution is 2.45. The molecular weight excluding hydrogens is 260 g/mol. The molecule has 0 unspecified atom stereocenters. The molecule has 1 aromatic carbocycles. The zero-order chi connectivity index (χ0) is 14.9. The minimum absolute atomic E-state index is 0.0245. The van der Waals surface area contributed by atoms with Gasteiger partial charge in [-0.2, -0.15) is 0 Å². The van der Waals surface area contributed by atoms with Gasteiger partial charge in [0.1, 0.15) is 5.58 Å². The van der Waals surface area contributed by atoms with Gasteiger partial charge in [-0.15, -0.1) is 0 Å². The van der Waals surface area contributed by atoms with Gasteiger partial charge in [0.15, 0.2) is 11.5 Å². The zero-order valence-corrected chi connectivity index (χ0v) is 11.6. The first-order valence-corrected chi connectivity index (χ1v) is 6.13. The van der Waals surface area contributed by atoms with Crippen molar-refractivity contribution in [3.05, 3.63) is 39.8 Å². The molecular formula is C15H16O5. The lowest BCUT2D eigenvalue weighted by molar-refractivity contribution is 0.344. The standard InChI is InChI=1S/C15H16O5/c1-8(2)4-5-9-12(17)15(19-3)13(18)10-6-7-11(16)20-14(9)10/h4,6-7,17-18H,5H2,1-3H3. The van der Waals surface area contributed by atoms with E-state index < -0.39 is 5.63 Å². The van der Waals surface area contributed by atoms with Crippen molar-refractivity contribution < 1.29 is 19.4 Å². The fourth-order valence-electron chi connectivity index (χ4n) is 2.00. The number of rotatable bonds is 3. The summed E-state index contributed by atoms with van der Waals surface area (Å²) >= 11 is 0. The fourth-order valence-corrected chi connectivity index (χ4v) is 2.00. The average Bonchev–Trinajstić information content (AvgIpc) is 2.38. The Bertz CT molecular complexity index is 736. The van der Waals surface area contributed by atoms with Crippen LogP contribution in [0.4, 0.5) is 0 Å². The van der Waals surface area contributed by atoms with E-state index in [1.165, 1.54) is 19.2 Å². The maximum absolute atomic E-state index is 11.4. The molecule has 2 rings (SSSR count). The molecule has 0 aliphatic carbocycles. The summed E-state index contributed by atoms with van der Waals surface area (Å²) in [4.78, 5) is 11.4. The molecule has 2 aromatic rings. The van der Waals surface area contributed by atoms with Gasteiger partial charge >= 0.3 is 5.63 Å². The molecule has 0 radical (unpaired) electrons. The first-order valence-electron chi connectivity index (χ1n) is 6.13. The van der Waals surface area contributed by atoms with Gasteiger partial charge < -0.3 is 19.4 Å². The third-order valence-electron chi connectivity index (χ3n) is 3.00. The van der Waals surface area contributed by atoms with Crippen molar-refractivity contribution in [1.29, 1.82) is 0 Å². The molecule has 0 atom stereocenters. The number of hydrogen-bond donors (Lipinski definition) is 2. The number of benzene rings is 1. The zero-order valence-electron chi connectivity index (χ0n) is 11.6. The molecule has 5 heteroatoms. The van der Waals surface area contributed by atoms with E-state index in [0.717, 1.165) is 5.57 Å². The lowest BCUT2D eigenvalue weighted by Crippen LogP contribution is -1.99. The quantitative estimate of drug-likeness (QED) is 0.665. The van der Waals surface area contributed by atoms with Gasteiger partial charge in [-0.1, -0.05) is 11.6 Å². The number of ether oxygens (including phenoxy) is 1. The van der Waals surface area contributed by atoms with Crippen LogP contribution in [0.3, 0.4) is 0 Å². The molecule has 0 saturated carbocycles. The lowest BCUT2D eigenvalue weighted by atomic mass is 10.0. The van der Waals surface area contributed by atoms with E-state index in [4.69, 9.17) is 9.15 Å². The van der Waals surface area contributed by atoms with Crippen LogP contribution >= 0.6 is 0 Å². The first-order chi connectivity index (χ1) is 9.45. The Morgan fingerprint density at radius 2 is 2.00 bits per heavy atom. The van der Waals surface area contributed by atoms with E-state index in [9.17, 15) is 15.0 Å². The normalized spacial score (nSPS) is 10.6. The summed E-state index contributed by atoms with van der Waals surface area (Å²) < 4.78 is 10.1. The van der Waals surface area contributed by atoms with Crippen LogP contribution in [-0.4, -0.2) is 17.3 Å². The van der Waals surface area contributed by atoms with E-state index in [1.807, 2.05) is 19.9 Å². The minimum atomic E-state index is -0.542. The van der Waals surface area contributed by atoms with Gasteiger partial charge in [0, 0.05) is 11.6 Å². The molecule has 0 aliphatic heterocycles. The maximum atomic E-state index is 11.4. The Morgan fingerprint density at radius 1 is 1.30 bits per heavy atom. The summed E-state index contributed by atoms with van der Waals surface area (Å²) in [5, 5.41) is 20.6. The molecule has 20 heavy (non-hydrogen) atoms. The monoisotopic (exact) mass is 276 g/mol. The smallest absolute Gasteiger partial charge is 0.336 e. The third-order valence-corrected chi connectivity index (χ3v) is 3.00. The van der Waals surface area contributed by atoms with Crippen LogP contribution in [0.5, 0.6) is 17.2 Å². The van der Waals surface area contributed by atoms with E-state index >= 15 is 0 Å². The van der Waals surface area contributed by atoms with Crippen molar-refractivity contribution in [2.45, 2.75) is 20.3 Å². The Hall–Kier alpha value is -2.43. The molecule has 0 amide bonds. The summed E-state index contributed by atoms with van der Waals surface area (Å²) in [5.74, 6) is -0.488. The van der Waals surface area contributed by atoms with Crippen molar-refractivity contribution >= 4 is 11.0 Å². The second-order valence-electron chi connectivity index (χ2n) is 4.69. The Kier molecular flexibility index (Phi) is 3.70. The van der Waals surface area contributed by atoms with Crippen LogP contribution in [0, 0.1) is 0 Å². The molecule has 0 bridgehead atoms. The Morgan fingerprint density at radius 3 is 2.60 bits per heavy atom. The van der Waals surface area contributed by atoms with Crippen molar-refractivity contribution in [2.24, 2.45) is 0 Å². The maximum Gasteiger partial charge on any atom is 0.336 e.